The summed E-state index contributed by atoms with van der Waals surface area (Å²) in [4.78, 5) is 166. The number of nitrogens with one attached hydrogen (secondary N) is 10. The van der Waals surface area contributed by atoms with E-state index in [1.54, 1.807) is 27.7 Å². The Morgan fingerprint density at radius 1 is 0.337 bits per heavy atom. The van der Waals surface area contributed by atoms with E-state index in [4.69, 9.17) is 57.3 Å². The quantitative estimate of drug-likeness (QED) is 0.0153. The Kier molecular flexibility index (Phi) is 41.0. The lowest BCUT2D eigenvalue weighted by Gasteiger charge is -2.28. The maximum atomic E-state index is 14.5. The number of nitrogens with two attached hydrogens (primary N) is 10. The van der Waals surface area contributed by atoms with E-state index in [1.165, 1.54) is 13.8 Å². The molecular formula is C54H104N24O14. The number of carboxylic acid groups (broad SMARTS) is 1. The molecule has 0 radical (unpaired) electrons. The summed E-state index contributed by atoms with van der Waals surface area (Å²) in [5, 5.41) is 55.0. The molecule has 33 N–H and O–H groups in total. The smallest absolute Gasteiger partial charge is 0.325 e. The zero-order valence-electron chi connectivity index (χ0n) is 53.5. The molecule has 0 unspecified atom stereocenters. The Morgan fingerprint density at radius 2 is 0.565 bits per heavy atom. The topological polar surface area (TPSA) is 678 Å². The van der Waals surface area contributed by atoms with Crippen molar-refractivity contribution in [2.24, 2.45) is 89.1 Å². The number of hydrogen-bond acceptors (Lipinski definition) is 19. The van der Waals surface area contributed by atoms with Crippen molar-refractivity contribution in [3.63, 3.8) is 0 Å². The molecular weight excluding hydrogens is 1210 g/mol. The molecule has 0 saturated carbocycles. The minimum absolute atomic E-state index is 0.0236. The summed E-state index contributed by atoms with van der Waals surface area (Å²) in [5.41, 5.74) is 55.4. The highest BCUT2D eigenvalue weighted by Gasteiger charge is 2.36. The van der Waals surface area contributed by atoms with Crippen LogP contribution in [0.2, 0.25) is 0 Å². The van der Waals surface area contributed by atoms with Gasteiger partial charge in [0.05, 0.1) is 19.3 Å². The summed E-state index contributed by atoms with van der Waals surface area (Å²) in [5.74, 6) is -12.3. The van der Waals surface area contributed by atoms with E-state index < -0.39 is 145 Å². The van der Waals surface area contributed by atoms with Crippen molar-refractivity contribution >= 4 is 88.9 Å². The number of carbonyl (C=O) groups excluding carboxylic acids is 10. The van der Waals surface area contributed by atoms with Gasteiger partial charge in [-0.3, -0.25) is 72.7 Å². The van der Waals surface area contributed by atoms with Gasteiger partial charge in [-0.2, -0.15) is 0 Å². The molecule has 38 nitrogen and oxygen atoms in total. The number of hydrogen-bond donors (Lipinski definition) is 23. The average molecular weight is 1310 g/mol. The van der Waals surface area contributed by atoms with Gasteiger partial charge in [-0.05, 0) is 116 Å². The molecule has 0 aliphatic rings. The standard InChI is InChI=1S/C54H104N24O14/c1-27(2)23-36(46(87)74-32(14-9-19-65-51(57)58)41(82)69-30(6)50(91)92)76-48(89)38(25-79)78-49(90)39(26-80)77-47(88)37(24-28(3)4)75-45(86)35(17-12-22-68-54(63)64)73-44(85)34(16-11-21-67-53(61)62)72-43(84)33(15-10-20-66-52(59)60)71-42(83)31(13-7-8-18-55)70-40(81)29(5)56/h27-39,79-80H,7-26,55-56H2,1-6H3,(H,69,82)(H,70,81)(H,71,83)(H,72,84)(H,73,85)(H,74,87)(H,75,86)(H,76,89)(H,77,88)(H,78,90)(H,91,92)(H4,57,58,65)(H4,59,60,66)(H4,61,62,67)(H4,63,64,68)/t29-,30-,31-,32-,33-,34-,35-,36-,37-,38-,39+/m0/s1. The molecule has 92 heavy (non-hydrogen) atoms. The van der Waals surface area contributed by atoms with Gasteiger partial charge in [0.25, 0.3) is 0 Å². The fourth-order valence-electron chi connectivity index (χ4n) is 8.50. The first kappa shape index (κ1) is 83.1. The monoisotopic (exact) mass is 1310 g/mol. The highest BCUT2D eigenvalue weighted by molar-refractivity contribution is 5.99. The average Bonchev–Trinajstić information content (AvgIpc) is 1.19. The molecule has 0 bridgehead atoms. The van der Waals surface area contributed by atoms with Gasteiger partial charge in [0.15, 0.2) is 23.8 Å². The lowest BCUT2D eigenvalue weighted by molar-refractivity contribution is -0.142. The Morgan fingerprint density at radius 3 is 0.804 bits per heavy atom. The third kappa shape index (κ3) is 36.1. The predicted octanol–water partition coefficient (Wildman–Crippen LogP) is -9.29. The van der Waals surface area contributed by atoms with Crippen molar-refractivity contribution in [2.75, 3.05) is 45.9 Å². The molecule has 10 amide bonds. The molecule has 0 aromatic carbocycles. The summed E-state index contributed by atoms with van der Waals surface area (Å²) in [7, 11) is 0. The van der Waals surface area contributed by atoms with Crippen LogP contribution in [0.1, 0.15) is 125 Å². The number of rotatable bonds is 47. The van der Waals surface area contributed by atoms with Crippen LogP contribution in [-0.2, 0) is 52.7 Å². The third-order valence-electron chi connectivity index (χ3n) is 13.3. The van der Waals surface area contributed by atoms with Crippen LogP contribution in [0.3, 0.4) is 0 Å². The van der Waals surface area contributed by atoms with Gasteiger partial charge in [-0.15, -0.1) is 0 Å². The van der Waals surface area contributed by atoms with E-state index in [0.29, 0.717) is 19.4 Å². The van der Waals surface area contributed by atoms with Crippen LogP contribution < -0.4 is 111 Å². The number of aliphatic hydroxyl groups is 2. The van der Waals surface area contributed by atoms with E-state index >= 15 is 0 Å². The largest absolute Gasteiger partial charge is 0.480 e. The number of aliphatic imine (C=N–C) groups is 4. The summed E-state index contributed by atoms with van der Waals surface area (Å²) in [6.45, 7) is 7.57. The SMILES string of the molecule is CC(C)C[C@H](NC(=O)[C@H](CO)NC(=O)[C@@H](CO)NC(=O)[C@H](CC(C)C)NC(=O)[C@H](CCCN=C(N)N)NC(=O)[C@H](CCCN=C(N)N)NC(=O)[C@H](CCCN=C(N)N)NC(=O)[C@H](CCCCN)NC(=O)[C@H](C)N)C(=O)N[C@@H](CCCN=C(N)N)C(=O)N[C@@H](C)C(=O)O. The van der Waals surface area contributed by atoms with Gasteiger partial charge in [-0.1, -0.05) is 27.7 Å². The number of guanidine groups is 4. The third-order valence-corrected chi connectivity index (χ3v) is 13.3. The molecule has 38 heteroatoms. The van der Waals surface area contributed by atoms with E-state index in [2.05, 4.69) is 73.1 Å². The van der Waals surface area contributed by atoms with E-state index in [1.807, 2.05) is 0 Å². The normalized spacial score (nSPS) is 14.6. The van der Waals surface area contributed by atoms with E-state index in [-0.39, 0.29) is 132 Å². The van der Waals surface area contributed by atoms with Crippen molar-refractivity contribution in [2.45, 2.75) is 191 Å². The fourth-order valence-corrected chi connectivity index (χ4v) is 8.50. The highest BCUT2D eigenvalue weighted by Crippen LogP contribution is 2.12. The van der Waals surface area contributed by atoms with Gasteiger partial charge in [0.2, 0.25) is 59.1 Å². The number of unbranched alkanes of at least 4 members (excludes halogenated alkanes) is 1. The van der Waals surface area contributed by atoms with Crippen molar-refractivity contribution in [3.8, 4) is 0 Å². The molecule has 0 aromatic heterocycles. The second-order valence-electron chi connectivity index (χ2n) is 22.6. The molecule has 0 saturated heterocycles. The Bertz CT molecular complexity index is 2500. The first-order chi connectivity index (χ1) is 43.2. The second-order valence-corrected chi connectivity index (χ2v) is 22.6. The number of aliphatic carboxylic acids is 1. The van der Waals surface area contributed by atoms with Crippen LogP contribution >= 0.6 is 0 Å². The van der Waals surface area contributed by atoms with E-state index in [9.17, 15) is 68.1 Å². The fraction of sp³-hybridized carbons (Fsp3) is 0.722. The molecule has 0 aromatic rings. The van der Waals surface area contributed by atoms with Crippen LogP contribution in [0.25, 0.3) is 0 Å². The molecule has 11 atom stereocenters. The highest BCUT2D eigenvalue weighted by atomic mass is 16.4. The zero-order valence-corrected chi connectivity index (χ0v) is 53.5. The first-order valence-electron chi connectivity index (χ1n) is 30.3. The van der Waals surface area contributed by atoms with E-state index in [0.717, 1.165) is 0 Å². The van der Waals surface area contributed by atoms with Crippen molar-refractivity contribution < 1.29 is 68.1 Å². The lowest BCUT2D eigenvalue weighted by atomic mass is 10.0. The number of nitrogens with zero attached hydrogens (tertiary/aromatic N) is 4. The van der Waals surface area contributed by atoms with Crippen molar-refractivity contribution in [1.82, 2.24) is 53.2 Å². The second kappa shape index (κ2) is 45.4. The number of aliphatic hydroxyl groups excluding tert-OH is 2. The van der Waals surface area contributed by atoms with Crippen LogP contribution in [0.5, 0.6) is 0 Å². The van der Waals surface area contributed by atoms with Gasteiger partial charge >= 0.3 is 5.97 Å². The Labute approximate surface area is 535 Å². The lowest BCUT2D eigenvalue weighted by Crippen LogP contribution is -2.61. The van der Waals surface area contributed by atoms with Crippen LogP contribution in [0.15, 0.2) is 20.0 Å². The minimum atomic E-state index is -1.84. The van der Waals surface area contributed by atoms with Crippen LogP contribution in [0, 0.1) is 11.8 Å². The van der Waals surface area contributed by atoms with Crippen molar-refractivity contribution in [1.29, 1.82) is 0 Å². The Hall–Kier alpha value is -8.91. The molecule has 0 aliphatic carbocycles. The summed E-state index contributed by atoms with van der Waals surface area (Å²) in [6.07, 6.45) is 0.790. The van der Waals surface area contributed by atoms with Crippen molar-refractivity contribution in [3.05, 3.63) is 0 Å². The van der Waals surface area contributed by atoms with Gasteiger partial charge in [0, 0.05) is 26.2 Å². The molecule has 0 rings (SSSR count). The number of carbonyl (C=O) groups is 11. The molecule has 0 aliphatic heterocycles. The maximum Gasteiger partial charge on any atom is 0.325 e. The van der Waals surface area contributed by atoms with Crippen LogP contribution in [0.4, 0.5) is 0 Å². The molecule has 0 spiro atoms. The summed E-state index contributed by atoms with van der Waals surface area (Å²) < 4.78 is 0. The minimum Gasteiger partial charge on any atom is -0.480 e. The van der Waals surface area contributed by atoms with Gasteiger partial charge in [0.1, 0.15) is 60.4 Å². The first-order valence-corrected chi connectivity index (χ1v) is 30.3. The van der Waals surface area contributed by atoms with Crippen LogP contribution in [-0.4, -0.2) is 217 Å². The number of carboxylic acids is 1. The summed E-state index contributed by atoms with van der Waals surface area (Å²) >= 11 is 0. The zero-order chi connectivity index (χ0) is 70.2. The molecule has 524 valence electrons. The predicted molar refractivity (Wildman–Crippen MR) is 342 cm³/mol. The van der Waals surface area contributed by atoms with Gasteiger partial charge < -0.3 is 126 Å². The van der Waals surface area contributed by atoms with Gasteiger partial charge in [-0.25, -0.2) is 0 Å². The number of amides is 10. The Balaban J connectivity index is 7.03. The maximum absolute atomic E-state index is 14.5. The summed E-state index contributed by atoms with van der Waals surface area (Å²) in [6, 6.07) is -15.7. The molecule has 0 fully saturated rings. The molecule has 0 heterocycles.